The molecule has 0 unspecified atom stereocenters. The number of carbonyl (C=O) groups excluding carboxylic acids is 3. The van der Waals surface area contributed by atoms with E-state index in [4.69, 9.17) is 0 Å². The average Bonchev–Trinajstić information content (AvgIpc) is 3.43. The van der Waals surface area contributed by atoms with Gasteiger partial charge in [-0.25, -0.2) is 0 Å². The Morgan fingerprint density at radius 1 is 1.07 bits per heavy atom. The van der Waals surface area contributed by atoms with Crippen molar-refractivity contribution in [2.75, 3.05) is 0 Å². The fourth-order valence-electron chi connectivity index (χ4n) is 9.07. The molecule has 3 atom stereocenters. The number of hydrogen-bond acceptors (Lipinski definition) is 6. The molecule has 1 aromatic carbocycles. The Bertz CT molecular complexity index is 1560. The first-order valence-electron chi connectivity index (χ1n) is 15.4. The van der Waals surface area contributed by atoms with Crippen LogP contribution in [0.25, 0.3) is 5.57 Å². The maximum Gasteiger partial charge on any atom is 0.206 e. The molecule has 1 aromatic rings. The van der Waals surface area contributed by atoms with Gasteiger partial charge >= 0.3 is 0 Å². The second-order valence-electron chi connectivity index (χ2n) is 14.4. The molecule has 6 nitrogen and oxygen atoms in total. The van der Waals surface area contributed by atoms with Gasteiger partial charge in [0, 0.05) is 16.4 Å². The molecule has 3 N–H and O–H groups in total. The molecule has 0 aromatic heterocycles. The molecule has 0 spiro atoms. The van der Waals surface area contributed by atoms with Crippen molar-refractivity contribution in [3.63, 3.8) is 0 Å². The Kier molecular flexibility index (Phi) is 6.62. The zero-order chi connectivity index (χ0) is 30.4. The maximum absolute atomic E-state index is 14.5. The number of carbonyl (C=O) groups is 3. The van der Waals surface area contributed by atoms with E-state index in [1.165, 1.54) is 6.92 Å². The first kappa shape index (κ1) is 28.9. The number of aliphatic hydroxyl groups is 2. The molecular formula is C36H42O6. The molecule has 5 aliphatic rings. The third-order valence-corrected chi connectivity index (χ3v) is 11.1. The van der Waals surface area contributed by atoms with Crippen LogP contribution in [0.15, 0.2) is 46.8 Å². The molecule has 0 amide bonds. The zero-order valence-corrected chi connectivity index (χ0v) is 25.4. The minimum absolute atomic E-state index is 0.0217. The van der Waals surface area contributed by atoms with E-state index in [0.717, 1.165) is 54.4 Å². The van der Waals surface area contributed by atoms with Crippen LogP contribution >= 0.6 is 0 Å². The monoisotopic (exact) mass is 570 g/mol. The van der Waals surface area contributed by atoms with E-state index >= 15 is 0 Å². The van der Waals surface area contributed by atoms with Crippen LogP contribution in [0, 0.1) is 22.7 Å². The number of Topliss-reactive ketones (excluding diaryl/α,β-unsaturated/α-hetero) is 3. The zero-order valence-electron chi connectivity index (χ0n) is 25.4. The highest BCUT2D eigenvalue weighted by Crippen LogP contribution is 2.63. The predicted octanol–water partition coefficient (Wildman–Crippen LogP) is 6.68. The molecular weight excluding hydrogens is 528 g/mol. The Hall–Kier alpha value is -3.25. The number of fused-ring (bicyclic) bond motifs is 3. The second kappa shape index (κ2) is 9.63. The molecule has 1 fully saturated rings. The predicted molar refractivity (Wildman–Crippen MR) is 161 cm³/mol. The fourth-order valence-corrected chi connectivity index (χ4v) is 9.07. The van der Waals surface area contributed by atoms with Gasteiger partial charge in [-0.2, -0.15) is 0 Å². The van der Waals surface area contributed by atoms with Crippen molar-refractivity contribution in [1.82, 2.24) is 0 Å². The average molecular weight is 571 g/mol. The van der Waals surface area contributed by atoms with Crippen molar-refractivity contribution in [1.29, 1.82) is 0 Å². The Balaban J connectivity index is 1.54. The highest BCUT2D eigenvalue weighted by molar-refractivity contribution is 6.25. The lowest BCUT2D eigenvalue weighted by atomic mass is 9.48. The van der Waals surface area contributed by atoms with Gasteiger partial charge in [0.25, 0.3) is 0 Å². The number of benzene rings is 1. The summed E-state index contributed by atoms with van der Waals surface area (Å²) in [7, 11) is 0. The minimum atomic E-state index is -2.40. The van der Waals surface area contributed by atoms with Crippen LogP contribution in [-0.4, -0.2) is 38.3 Å². The first-order chi connectivity index (χ1) is 19.7. The number of ketones is 3. The summed E-state index contributed by atoms with van der Waals surface area (Å²) in [4.78, 5) is 40.8. The quantitative estimate of drug-likeness (QED) is 0.348. The second-order valence-corrected chi connectivity index (χ2v) is 14.4. The van der Waals surface area contributed by atoms with Crippen LogP contribution in [0.1, 0.15) is 107 Å². The number of rotatable bonds is 4. The van der Waals surface area contributed by atoms with Crippen molar-refractivity contribution in [2.45, 2.75) is 98.0 Å². The van der Waals surface area contributed by atoms with E-state index in [1.807, 2.05) is 6.92 Å². The van der Waals surface area contributed by atoms with Gasteiger partial charge in [-0.15, -0.1) is 0 Å². The van der Waals surface area contributed by atoms with Gasteiger partial charge in [-0.3, -0.25) is 14.4 Å². The number of phenolic OH excluding ortho intramolecular Hbond substituents is 1. The Morgan fingerprint density at radius 2 is 1.76 bits per heavy atom. The van der Waals surface area contributed by atoms with Gasteiger partial charge in [-0.1, -0.05) is 57.4 Å². The molecule has 0 radical (unpaired) electrons. The highest BCUT2D eigenvalue weighted by atomic mass is 16.3. The van der Waals surface area contributed by atoms with Gasteiger partial charge in [0.05, 0.1) is 11.1 Å². The van der Waals surface area contributed by atoms with E-state index in [2.05, 4.69) is 31.2 Å². The standard InChI is InChI=1S/C36H42O6/c1-19-10-12-22(13-11-19)14-24-15-25(23-8-6-7-9-23)26-17-34(4)18-35(5)16-20(2)27(21(3)37)32(40)36(35,42)33(41)29(34)31(39)28(26)30(24)38/h6,8-9,15,19,22,38,41-42H,7,10-14,16-18H2,1-5H3/t19?,22?,34-,35+,36-/m1/s1. The molecule has 5 aliphatic carbocycles. The van der Waals surface area contributed by atoms with Gasteiger partial charge in [-0.05, 0) is 99.0 Å². The maximum atomic E-state index is 14.5. The molecule has 42 heavy (non-hydrogen) atoms. The van der Waals surface area contributed by atoms with Crippen LogP contribution in [0.3, 0.4) is 0 Å². The van der Waals surface area contributed by atoms with Gasteiger partial charge in [0.15, 0.2) is 17.2 Å². The van der Waals surface area contributed by atoms with Crippen LogP contribution in [0.2, 0.25) is 0 Å². The Morgan fingerprint density at radius 3 is 2.38 bits per heavy atom. The molecule has 0 heterocycles. The van der Waals surface area contributed by atoms with Crippen molar-refractivity contribution in [3.05, 3.63) is 69.0 Å². The lowest BCUT2D eigenvalue weighted by molar-refractivity contribution is -0.157. The van der Waals surface area contributed by atoms with Gasteiger partial charge < -0.3 is 15.3 Å². The first-order valence-corrected chi connectivity index (χ1v) is 15.4. The normalized spacial score (nSPS) is 34.3. The van der Waals surface area contributed by atoms with Crippen molar-refractivity contribution >= 4 is 22.9 Å². The van der Waals surface area contributed by atoms with E-state index in [9.17, 15) is 29.7 Å². The van der Waals surface area contributed by atoms with E-state index in [1.54, 1.807) is 13.8 Å². The number of allylic oxidation sites excluding steroid dienone is 6. The smallest absolute Gasteiger partial charge is 0.206 e. The third kappa shape index (κ3) is 3.97. The SMILES string of the molecule is CC(=O)C1=C(C)C[C@@]2(C)C[C@@]3(C)Cc4c(C5=CCC=C5)cc(CC5CCC(C)CC5)c(O)c4C(=O)C3=C(O)[C@]2(O)C1=O. The molecule has 0 aliphatic heterocycles. The van der Waals surface area contributed by atoms with Crippen LogP contribution in [-0.2, 0) is 22.4 Å². The summed E-state index contributed by atoms with van der Waals surface area (Å²) in [6, 6.07) is 2.07. The number of aliphatic hydroxyl groups excluding tert-OH is 1. The third-order valence-electron chi connectivity index (χ3n) is 11.1. The molecule has 0 saturated heterocycles. The molecule has 6 rings (SSSR count). The number of phenols is 1. The van der Waals surface area contributed by atoms with Crippen LogP contribution in [0.5, 0.6) is 5.75 Å². The Labute approximate surface area is 247 Å². The van der Waals surface area contributed by atoms with Crippen LogP contribution < -0.4 is 0 Å². The van der Waals surface area contributed by atoms with Crippen molar-refractivity contribution in [3.8, 4) is 5.75 Å². The van der Waals surface area contributed by atoms with Crippen molar-refractivity contribution in [2.24, 2.45) is 22.7 Å². The summed E-state index contributed by atoms with van der Waals surface area (Å²) < 4.78 is 0. The number of hydrogen-bond donors (Lipinski definition) is 3. The molecule has 222 valence electrons. The number of aromatic hydroxyl groups is 1. The van der Waals surface area contributed by atoms with Gasteiger partial charge in [0.2, 0.25) is 5.78 Å². The van der Waals surface area contributed by atoms with Crippen LogP contribution in [0.4, 0.5) is 0 Å². The summed E-state index contributed by atoms with van der Waals surface area (Å²) in [6.45, 7) is 8.95. The summed E-state index contributed by atoms with van der Waals surface area (Å²) in [5.41, 5.74) is -0.358. The summed E-state index contributed by atoms with van der Waals surface area (Å²) >= 11 is 0. The fraction of sp³-hybridized carbons (Fsp3) is 0.528. The van der Waals surface area contributed by atoms with E-state index < -0.39 is 39.5 Å². The summed E-state index contributed by atoms with van der Waals surface area (Å²) in [6.07, 6.45) is 13.1. The lowest BCUT2D eigenvalue weighted by Crippen LogP contribution is -2.63. The topological polar surface area (TPSA) is 112 Å². The van der Waals surface area contributed by atoms with E-state index in [0.29, 0.717) is 30.3 Å². The lowest BCUT2D eigenvalue weighted by Gasteiger charge is -2.56. The minimum Gasteiger partial charge on any atom is -0.508 e. The summed E-state index contributed by atoms with van der Waals surface area (Å²) in [5, 5.41) is 35.6. The van der Waals surface area contributed by atoms with E-state index in [-0.39, 0.29) is 35.3 Å². The van der Waals surface area contributed by atoms with Crippen molar-refractivity contribution < 1.29 is 29.7 Å². The molecule has 0 bridgehead atoms. The van der Waals surface area contributed by atoms with Gasteiger partial charge in [0.1, 0.15) is 11.5 Å². The summed E-state index contributed by atoms with van der Waals surface area (Å²) in [5.74, 6) is -1.48. The molecule has 1 saturated carbocycles. The highest BCUT2D eigenvalue weighted by Gasteiger charge is 2.67. The largest absolute Gasteiger partial charge is 0.508 e. The molecule has 6 heteroatoms.